The SMILES string of the molecule is C[C@@H]1CCCN1C(=O)[C@@H](N)CCCCCC(=O)COCCOCCNC(=O)[C@H](CO)CC(=O)[C@@H](N)Cc1ccc(O)cc1. The average Bonchev–Trinajstić information content (AvgIpc) is 3.42. The number of nitrogens with zero attached hydrogens (tertiary/aromatic N) is 1. The summed E-state index contributed by atoms with van der Waals surface area (Å²) in [5.74, 6) is -1.56. The van der Waals surface area contributed by atoms with Crippen LogP contribution in [0.25, 0.3) is 0 Å². The minimum atomic E-state index is -0.911. The highest BCUT2D eigenvalue weighted by molar-refractivity contribution is 5.90. The highest BCUT2D eigenvalue weighted by atomic mass is 16.5. The Morgan fingerprint density at radius 1 is 1.02 bits per heavy atom. The zero-order valence-electron chi connectivity index (χ0n) is 25.4. The van der Waals surface area contributed by atoms with Crippen molar-refractivity contribution in [1.29, 1.82) is 0 Å². The number of nitrogens with one attached hydrogen (secondary N) is 1. The molecule has 1 aliphatic rings. The summed E-state index contributed by atoms with van der Waals surface area (Å²) in [4.78, 5) is 51.1. The van der Waals surface area contributed by atoms with Crippen molar-refractivity contribution >= 4 is 23.4 Å². The van der Waals surface area contributed by atoms with Crippen molar-refractivity contribution in [3.63, 3.8) is 0 Å². The molecule has 0 unspecified atom stereocenters. The van der Waals surface area contributed by atoms with Gasteiger partial charge in [-0.3, -0.25) is 19.2 Å². The van der Waals surface area contributed by atoms with Crippen LogP contribution in [0, 0.1) is 5.92 Å². The smallest absolute Gasteiger partial charge is 0.239 e. The number of phenolic OH excluding ortho intramolecular Hbond substituents is 1. The van der Waals surface area contributed by atoms with Gasteiger partial charge in [0.15, 0.2) is 11.6 Å². The quantitative estimate of drug-likeness (QED) is 0.118. The van der Waals surface area contributed by atoms with Gasteiger partial charge in [-0.05, 0) is 56.7 Å². The number of unbranched alkanes of at least 4 members (excludes halogenated alkanes) is 2. The summed E-state index contributed by atoms with van der Waals surface area (Å²) in [6, 6.07) is 5.33. The number of aromatic hydroxyl groups is 1. The van der Waals surface area contributed by atoms with Crippen molar-refractivity contribution in [3.8, 4) is 5.75 Å². The second-order valence-corrected chi connectivity index (χ2v) is 11.3. The zero-order chi connectivity index (χ0) is 31.6. The van der Waals surface area contributed by atoms with E-state index in [1.165, 1.54) is 12.1 Å². The summed E-state index contributed by atoms with van der Waals surface area (Å²) in [5.41, 5.74) is 12.8. The van der Waals surface area contributed by atoms with E-state index in [0.29, 0.717) is 12.8 Å². The molecule has 0 spiro atoms. The third kappa shape index (κ3) is 14.0. The molecule has 1 aromatic rings. The van der Waals surface area contributed by atoms with Gasteiger partial charge in [-0.15, -0.1) is 0 Å². The second-order valence-electron chi connectivity index (χ2n) is 11.3. The van der Waals surface area contributed by atoms with E-state index in [1.807, 2.05) is 4.90 Å². The molecule has 0 radical (unpaired) electrons. The van der Waals surface area contributed by atoms with Gasteiger partial charge in [0, 0.05) is 32.0 Å². The first-order valence-corrected chi connectivity index (χ1v) is 15.3. The van der Waals surface area contributed by atoms with Gasteiger partial charge in [0.05, 0.1) is 44.4 Å². The molecular weight excluding hydrogens is 556 g/mol. The zero-order valence-corrected chi connectivity index (χ0v) is 25.4. The molecule has 0 aromatic heterocycles. The van der Waals surface area contributed by atoms with Gasteiger partial charge in [0.2, 0.25) is 11.8 Å². The van der Waals surface area contributed by atoms with Gasteiger partial charge in [0.1, 0.15) is 12.4 Å². The Hall–Kier alpha value is -2.90. The largest absolute Gasteiger partial charge is 0.508 e. The number of aliphatic hydroxyl groups excluding tert-OH is 1. The van der Waals surface area contributed by atoms with E-state index < -0.39 is 30.5 Å². The van der Waals surface area contributed by atoms with Crippen molar-refractivity contribution in [2.45, 2.75) is 82.8 Å². The number of benzene rings is 1. The van der Waals surface area contributed by atoms with Crippen LogP contribution in [-0.4, -0.2) is 103 Å². The fourth-order valence-corrected chi connectivity index (χ4v) is 4.96. The summed E-state index contributed by atoms with van der Waals surface area (Å²) < 4.78 is 10.8. The molecule has 1 aromatic carbocycles. The fraction of sp³-hybridized carbons (Fsp3) is 0.677. The topological polar surface area (TPSA) is 195 Å². The van der Waals surface area contributed by atoms with Crippen LogP contribution in [0.3, 0.4) is 0 Å². The van der Waals surface area contributed by atoms with Gasteiger partial charge in [-0.25, -0.2) is 0 Å². The number of nitrogens with two attached hydrogens (primary N) is 2. The van der Waals surface area contributed by atoms with E-state index in [4.69, 9.17) is 20.9 Å². The number of carbonyl (C=O) groups is 4. The number of carbonyl (C=O) groups excluding carboxylic acids is 4. The maximum Gasteiger partial charge on any atom is 0.239 e. The average molecular weight is 607 g/mol. The second kappa shape index (κ2) is 20.1. The lowest BCUT2D eigenvalue weighted by atomic mass is 9.95. The van der Waals surface area contributed by atoms with Crippen molar-refractivity contribution in [2.75, 3.05) is 46.1 Å². The first kappa shape index (κ1) is 36.3. The molecule has 2 rings (SSSR count). The van der Waals surface area contributed by atoms with E-state index in [1.54, 1.807) is 12.1 Å². The van der Waals surface area contributed by atoms with E-state index >= 15 is 0 Å². The number of ether oxygens (including phenoxy) is 2. The first-order valence-electron chi connectivity index (χ1n) is 15.3. The predicted molar refractivity (Wildman–Crippen MR) is 161 cm³/mol. The molecule has 1 fully saturated rings. The molecule has 7 N–H and O–H groups in total. The fourth-order valence-electron chi connectivity index (χ4n) is 4.96. The summed E-state index contributed by atoms with van der Waals surface area (Å²) >= 11 is 0. The number of amides is 2. The number of phenols is 1. The first-order chi connectivity index (χ1) is 20.6. The van der Waals surface area contributed by atoms with E-state index in [0.717, 1.165) is 44.2 Å². The summed E-state index contributed by atoms with van der Waals surface area (Å²) in [5, 5.41) is 21.6. The molecule has 0 saturated carbocycles. The Morgan fingerprint density at radius 3 is 2.42 bits per heavy atom. The maximum atomic E-state index is 12.5. The number of aliphatic hydroxyl groups is 1. The number of hydrogen-bond acceptors (Lipinski definition) is 10. The standard InChI is InChI=1S/C31H50N4O8/c1-22-6-5-14-35(22)31(41)27(32)8-4-2-3-7-26(38)21-43-17-16-42-15-13-34-30(40)24(20-36)19-29(39)28(33)18-23-9-11-25(37)12-10-23/h9-12,22,24,27-28,36-37H,2-8,13-21,32-33H2,1H3,(H,34,40)/t22-,24+,27+,28+/m1/s1. The minimum absolute atomic E-state index is 0.00547. The van der Waals surface area contributed by atoms with E-state index in [9.17, 15) is 29.4 Å². The van der Waals surface area contributed by atoms with Crippen LogP contribution in [0.2, 0.25) is 0 Å². The predicted octanol–water partition coefficient (Wildman–Crippen LogP) is 0.837. The molecule has 1 heterocycles. The number of rotatable bonds is 22. The highest BCUT2D eigenvalue weighted by Crippen LogP contribution is 2.18. The summed E-state index contributed by atoms with van der Waals surface area (Å²) in [6.07, 6.45) is 5.54. The lowest BCUT2D eigenvalue weighted by Crippen LogP contribution is -2.45. The van der Waals surface area contributed by atoms with Crippen molar-refractivity contribution < 1.29 is 38.9 Å². The van der Waals surface area contributed by atoms with Crippen molar-refractivity contribution in [3.05, 3.63) is 29.8 Å². The Labute approximate surface area is 254 Å². The highest BCUT2D eigenvalue weighted by Gasteiger charge is 2.28. The van der Waals surface area contributed by atoms with Crippen LogP contribution in [0.1, 0.15) is 63.9 Å². The van der Waals surface area contributed by atoms with Gasteiger partial charge in [-0.2, -0.15) is 0 Å². The molecule has 2 amide bonds. The Bertz CT molecular complexity index is 1010. The number of Topliss-reactive ketones (excluding diaryl/α,β-unsaturated/α-hetero) is 2. The number of likely N-dealkylation sites (tertiary alicyclic amines) is 1. The molecule has 12 nitrogen and oxygen atoms in total. The van der Waals surface area contributed by atoms with Gasteiger partial charge in [0.25, 0.3) is 0 Å². The summed E-state index contributed by atoms with van der Waals surface area (Å²) in [7, 11) is 0. The molecule has 0 bridgehead atoms. The van der Waals surface area contributed by atoms with Crippen LogP contribution in [-0.2, 0) is 35.1 Å². The molecule has 242 valence electrons. The third-order valence-corrected chi connectivity index (χ3v) is 7.65. The monoisotopic (exact) mass is 606 g/mol. The Balaban J connectivity index is 1.46. The molecule has 1 saturated heterocycles. The molecule has 4 atom stereocenters. The van der Waals surface area contributed by atoms with Crippen molar-refractivity contribution in [2.24, 2.45) is 17.4 Å². The van der Waals surface area contributed by atoms with Crippen LogP contribution in [0.4, 0.5) is 0 Å². The van der Waals surface area contributed by atoms with Crippen LogP contribution in [0.15, 0.2) is 24.3 Å². The number of ketones is 2. The number of hydrogen-bond donors (Lipinski definition) is 5. The van der Waals surface area contributed by atoms with E-state index in [-0.39, 0.29) is 75.1 Å². The molecule has 12 heteroatoms. The third-order valence-electron chi connectivity index (χ3n) is 7.65. The Kier molecular flexibility index (Phi) is 17.0. The van der Waals surface area contributed by atoms with Crippen molar-refractivity contribution in [1.82, 2.24) is 10.2 Å². The lowest BCUT2D eigenvalue weighted by molar-refractivity contribution is -0.133. The minimum Gasteiger partial charge on any atom is -0.508 e. The molecule has 1 aliphatic heterocycles. The molecular formula is C31H50N4O8. The van der Waals surface area contributed by atoms with E-state index in [2.05, 4.69) is 12.2 Å². The lowest BCUT2D eigenvalue weighted by Gasteiger charge is -2.24. The van der Waals surface area contributed by atoms with Crippen LogP contribution in [0.5, 0.6) is 5.75 Å². The molecule has 43 heavy (non-hydrogen) atoms. The van der Waals surface area contributed by atoms with Crippen LogP contribution >= 0.6 is 0 Å². The summed E-state index contributed by atoms with van der Waals surface area (Å²) in [6.45, 7) is 3.24. The normalized spacial score (nSPS) is 16.9. The van der Waals surface area contributed by atoms with Gasteiger partial charge >= 0.3 is 0 Å². The maximum absolute atomic E-state index is 12.5. The van der Waals surface area contributed by atoms with Crippen LogP contribution < -0.4 is 16.8 Å². The Morgan fingerprint density at radius 2 is 1.74 bits per heavy atom. The van der Waals surface area contributed by atoms with Gasteiger partial charge < -0.3 is 41.4 Å². The van der Waals surface area contributed by atoms with Gasteiger partial charge in [-0.1, -0.05) is 25.0 Å². The molecule has 0 aliphatic carbocycles.